The molecule has 3 rings (SSSR count). The molecule has 1 aromatic rings. The van der Waals surface area contributed by atoms with Crippen LogP contribution in [0.25, 0.3) is 0 Å². The van der Waals surface area contributed by atoms with Crippen molar-refractivity contribution in [3.8, 4) is 0 Å². The van der Waals surface area contributed by atoms with Gasteiger partial charge >= 0.3 is 0 Å². The molecule has 0 saturated carbocycles. The predicted octanol–water partition coefficient (Wildman–Crippen LogP) is 4.44. The minimum atomic E-state index is 0.752. The SMILES string of the molecule is C1=CC[C@H]([C@H](Cc2ccccc2)N2CCCCC2)CC1. The van der Waals surface area contributed by atoms with E-state index in [1.165, 1.54) is 63.6 Å². The molecule has 2 aliphatic rings. The Morgan fingerprint density at radius 2 is 1.80 bits per heavy atom. The van der Waals surface area contributed by atoms with Crippen LogP contribution in [0.5, 0.6) is 0 Å². The summed E-state index contributed by atoms with van der Waals surface area (Å²) in [5, 5.41) is 0. The van der Waals surface area contributed by atoms with Gasteiger partial charge in [-0.05, 0) is 63.1 Å². The van der Waals surface area contributed by atoms with E-state index in [9.17, 15) is 0 Å². The average Bonchev–Trinajstić information content (AvgIpc) is 2.55. The molecule has 0 spiro atoms. The minimum Gasteiger partial charge on any atom is -0.300 e. The molecule has 0 unspecified atom stereocenters. The van der Waals surface area contributed by atoms with Gasteiger partial charge in [-0.15, -0.1) is 0 Å². The van der Waals surface area contributed by atoms with Crippen LogP contribution in [0, 0.1) is 5.92 Å². The number of nitrogens with zero attached hydrogens (tertiary/aromatic N) is 1. The first-order valence-electron chi connectivity index (χ1n) is 8.36. The number of hydrogen-bond donors (Lipinski definition) is 0. The molecular weight excluding hydrogens is 242 g/mol. The monoisotopic (exact) mass is 269 g/mol. The molecule has 0 bridgehead atoms. The largest absolute Gasteiger partial charge is 0.300 e. The van der Waals surface area contributed by atoms with E-state index in [1.807, 2.05) is 0 Å². The summed E-state index contributed by atoms with van der Waals surface area (Å²) in [6.45, 7) is 2.63. The highest BCUT2D eigenvalue weighted by atomic mass is 15.2. The van der Waals surface area contributed by atoms with Gasteiger partial charge in [-0.2, -0.15) is 0 Å². The summed E-state index contributed by atoms with van der Waals surface area (Å²) < 4.78 is 0. The Hall–Kier alpha value is -1.08. The Morgan fingerprint density at radius 1 is 1.00 bits per heavy atom. The Balaban J connectivity index is 1.73. The van der Waals surface area contributed by atoms with Gasteiger partial charge in [-0.25, -0.2) is 0 Å². The Morgan fingerprint density at radius 3 is 2.50 bits per heavy atom. The highest BCUT2D eigenvalue weighted by Gasteiger charge is 2.28. The first-order chi connectivity index (χ1) is 9.93. The zero-order valence-electron chi connectivity index (χ0n) is 12.5. The third-order valence-electron chi connectivity index (χ3n) is 5.00. The fraction of sp³-hybridized carbons (Fsp3) is 0.579. The van der Waals surface area contributed by atoms with Gasteiger partial charge in [0, 0.05) is 6.04 Å². The summed E-state index contributed by atoms with van der Waals surface area (Å²) in [5.41, 5.74) is 1.51. The van der Waals surface area contributed by atoms with E-state index in [-0.39, 0.29) is 0 Å². The second-order valence-corrected chi connectivity index (χ2v) is 6.40. The standard InChI is InChI=1S/C19H27N/c1-4-10-17(11-5-1)16-19(18-12-6-2-7-13-18)20-14-8-3-9-15-20/h1-2,4-6,10-11,18-19H,3,7-9,12-16H2/t18-,19-/m0/s1. The predicted molar refractivity (Wildman–Crippen MR) is 85.8 cm³/mol. The van der Waals surface area contributed by atoms with Crippen molar-refractivity contribution in [3.05, 3.63) is 48.0 Å². The summed E-state index contributed by atoms with van der Waals surface area (Å²) in [7, 11) is 0. The van der Waals surface area contributed by atoms with Gasteiger partial charge in [-0.3, -0.25) is 4.90 Å². The zero-order chi connectivity index (χ0) is 13.6. The van der Waals surface area contributed by atoms with E-state index in [0.29, 0.717) is 0 Å². The highest BCUT2D eigenvalue weighted by molar-refractivity contribution is 5.16. The van der Waals surface area contributed by atoms with Crippen LogP contribution in [0.2, 0.25) is 0 Å². The zero-order valence-corrected chi connectivity index (χ0v) is 12.5. The van der Waals surface area contributed by atoms with E-state index in [1.54, 1.807) is 0 Å². The van der Waals surface area contributed by atoms with Gasteiger partial charge in [0.05, 0.1) is 0 Å². The summed E-state index contributed by atoms with van der Waals surface area (Å²) in [5.74, 6) is 0.860. The summed E-state index contributed by atoms with van der Waals surface area (Å²) in [6.07, 6.45) is 14.2. The normalized spacial score (nSPS) is 25.5. The molecule has 20 heavy (non-hydrogen) atoms. The quantitative estimate of drug-likeness (QED) is 0.730. The molecule has 2 atom stereocenters. The van der Waals surface area contributed by atoms with Crippen LogP contribution in [0.3, 0.4) is 0 Å². The minimum absolute atomic E-state index is 0.752. The number of benzene rings is 1. The van der Waals surface area contributed by atoms with Crippen molar-refractivity contribution < 1.29 is 0 Å². The van der Waals surface area contributed by atoms with Gasteiger partial charge in [0.1, 0.15) is 0 Å². The molecule has 0 amide bonds. The summed E-state index contributed by atoms with van der Waals surface area (Å²) in [6, 6.07) is 11.9. The van der Waals surface area contributed by atoms with Crippen LogP contribution >= 0.6 is 0 Å². The van der Waals surface area contributed by atoms with Crippen LogP contribution in [0.1, 0.15) is 44.1 Å². The van der Waals surface area contributed by atoms with Crippen molar-refractivity contribution in [2.45, 2.75) is 51.0 Å². The second-order valence-electron chi connectivity index (χ2n) is 6.40. The number of rotatable bonds is 4. The van der Waals surface area contributed by atoms with Crippen molar-refractivity contribution in [2.24, 2.45) is 5.92 Å². The number of likely N-dealkylation sites (tertiary alicyclic amines) is 1. The molecule has 1 heterocycles. The van der Waals surface area contributed by atoms with Crippen LogP contribution < -0.4 is 0 Å². The van der Waals surface area contributed by atoms with Crippen molar-refractivity contribution in [1.29, 1.82) is 0 Å². The lowest BCUT2D eigenvalue weighted by Gasteiger charge is -2.40. The smallest absolute Gasteiger partial charge is 0.0167 e. The maximum Gasteiger partial charge on any atom is 0.0167 e. The van der Waals surface area contributed by atoms with Gasteiger partial charge in [-0.1, -0.05) is 48.9 Å². The van der Waals surface area contributed by atoms with Gasteiger partial charge in [0.15, 0.2) is 0 Å². The third-order valence-corrected chi connectivity index (χ3v) is 5.00. The Kier molecular flexibility index (Phi) is 4.91. The van der Waals surface area contributed by atoms with Crippen molar-refractivity contribution in [1.82, 2.24) is 4.90 Å². The molecule has 1 fully saturated rings. The van der Waals surface area contributed by atoms with E-state index in [4.69, 9.17) is 0 Å². The lowest BCUT2D eigenvalue weighted by molar-refractivity contribution is 0.110. The average molecular weight is 269 g/mol. The molecule has 1 aliphatic carbocycles. The molecule has 0 N–H and O–H groups in total. The maximum atomic E-state index is 2.79. The van der Waals surface area contributed by atoms with Crippen molar-refractivity contribution in [3.63, 3.8) is 0 Å². The molecule has 1 aromatic carbocycles. The van der Waals surface area contributed by atoms with E-state index < -0.39 is 0 Å². The van der Waals surface area contributed by atoms with Crippen LogP contribution in [0.15, 0.2) is 42.5 Å². The summed E-state index contributed by atoms with van der Waals surface area (Å²) in [4.78, 5) is 2.79. The van der Waals surface area contributed by atoms with Crippen LogP contribution in [0.4, 0.5) is 0 Å². The molecule has 108 valence electrons. The van der Waals surface area contributed by atoms with Gasteiger partial charge in [0.25, 0.3) is 0 Å². The molecule has 1 heteroatoms. The van der Waals surface area contributed by atoms with Gasteiger partial charge in [0.2, 0.25) is 0 Å². The first-order valence-corrected chi connectivity index (χ1v) is 8.36. The molecule has 0 aromatic heterocycles. The van der Waals surface area contributed by atoms with Crippen molar-refractivity contribution in [2.75, 3.05) is 13.1 Å². The highest BCUT2D eigenvalue weighted by Crippen LogP contribution is 2.29. The lowest BCUT2D eigenvalue weighted by atomic mass is 9.83. The van der Waals surface area contributed by atoms with Crippen LogP contribution in [-0.4, -0.2) is 24.0 Å². The van der Waals surface area contributed by atoms with E-state index in [0.717, 1.165) is 12.0 Å². The van der Waals surface area contributed by atoms with Crippen LogP contribution in [-0.2, 0) is 6.42 Å². The maximum absolute atomic E-state index is 2.79. The molecule has 1 saturated heterocycles. The molecular formula is C19H27N. The fourth-order valence-electron chi connectivity index (χ4n) is 3.87. The fourth-order valence-corrected chi connectivity index (χ4v) is 3.87. The van der Waals surface area contributed by atoms with Crippen molar-refractivity contribution >= 4 is 0 Å². The first kappa shape index (κ1) is 13.9. The molecule has 1 aliphatic heterocycles. The number of piperidine rings is 1. The Labute approximate surface area is 123 Å². The third kappa shape index (κ3) is 3.52. The van der Waals surface area contributed by atoms with E-state index >= 15 is 0 Å². The molecule has 0 radical (unpaired) electrons. The molecule has 1 nitrogen and oxygen atoms in total. The number of hydrogen-bond acceptors (Lipinski definition) is 1. The lowest BCUT2D eigenvalue weighted by Crippen LogP contribution is -2.45. The topological polar surface area (TPSA) is 3.24 Å². The summed E-state index contributed by atoms with van der Waals surface area (Å²) >= 11 is 0. The Bertz CT molecular complexity index is 417. The number of allylic oxidation sites excluding steroid dienone is 2. The van der Waals surface area contributed by atoms with E-state index in [2.05, 4.69) is 47.4 Å². The second kappa shape index (κ2) is 7.08. The van der Waals surface area contributed by atoms with Gasteiger partial charge < -0.3 is 0 Å².